The molecular formula is C18H27BCl3N3O5. The van der Waals surface area contributed by atoms with Gasteiger partial charge in [-0.15, -0.1) is 24.8 Å². The van der Waals surface area contributed by atoms with E-state index in [1.807, 2.05) is 12.1 Å². The topological polar surface area (TPSA) is 136 Å². The third-order valence-electron chi connectivity index (χ3n) is 5.78. The number of benzene rings is 1. The number of fused-ring (bicyclic) bond motifs is 1. The Morgan fingerprint density at radius 2 is 2.00 bits per heavy atom. The van der Waals surface area contributed by atoms with Crippen LogP contribution in [0.1, 0.15) is 24.0 Å². The first-order valence-electron chi connectivity index (χ1n) is 9.38. The molecule has 1 aromatic carbocycles. The lowest BCUT2D eigenvalue weighted by atomic mass is 9.78. The molecule has 2 heterocycles. The number of nitrogens with zero attached hydrogens (tertiary/aromatic N) is 1. The van der Waals surface area contributed by atoms with Crippen molar-refractivity contribution in [3.8, 4) is 0 Å². The van der Waals surface area contributed by atoms with Crippen LogP contribution in [0.5, 0.6) is 0 Å². The van der Waals surface area contributed by atoms with Crippen LogP contribution in [0.2, 0.25) is 11.3 Å². The fraction of sp³-hybridized carbons (Fsp3) is 0.556. The molecule has 8 nitrogen and oxygen atoms in total. The Labute approximate surface area is 193 Å². The van der Waals surface area contributed by atoms with Gasteiger partial charge in [-0.05, 0) is 42.4 Å². The van der Waals surface area contributed by atoms with Crippen molar-refractivity contribution in [2.24, 2.45) is 11.7 Å². The molecule has 0 saturated carbocycles. The highest BCUT2D eigenvalue weighted by Gasteiger charge is 2.51. The second-order valence-corrected chi connectivity index (χ2v) is 8.16. The van der Waals surface area contributed by atoms with Gasteiger partial charge in [0.15, 0.2) is 0 Å². The van der Waals surface area contributed by atoms with Crippen molar-refractivity contribution in [3.63, 3.8) is 0 Å². The van der Waals surface area contributed by atoms with E-state index >= 15 is 0 Å². The third kappa shape index (κ3) is 5.79. The number of hydrogen-bond donors (Lipinski definition) is 5. The van der Waals surface area contributed by atoms with Crippen LogP contribution in [-0.2, 0) is 22.6 Å². The van der Waals surface area contributed by atoms with E-state index < -0.39 is 30.6 Å². The van der Waals surface area contributed by atoms with Crippen molar-refractivity contribution in [2.45, 2.75) is 43.7 Å². The average Bonchev–Trinajstić information content (AvgIpc) is 2.98. The number of amides is 1. The molecule has 3 rings (SSSR count). The highest BCUT2D eigenvalue weighted by molar-refractivity contribution is 6.40. The zero-order chi connectivity index (χ0) is 20.5. The minimum Gasteiger partial charge on any atom is -0.480 e. The Morgan fingerprint density at radius 3 is 2.63 bits per heavy atom. The van der Waals surface area contributed by atoms with Crippen LogP contribution in [0.25, 0.3) is 0 Å². The molecule has 1 unspecified atom stereocenters. The summed E-state index contributed by atoms with van der Waals surface area (Å²) in [5, 5.41) is 31.5. The molecule has 30 heavy (non-hydrogen) atoms. The van der Waals surface area contributed by atoms with Crippen molar-refractivity contribution in [3.05, 3.63) is 34.3 Å². The van der Waals surface area contributed by atoms with Gasteiger partial charge < -0.3 is 31.1 Å². The molecular weight excluding hydrogens is 455 g/mol. The minimum absolute atomic E-state index is 0. The lowest BCUT2D eigenvalue weighted by Gasteiger charge is -2.29. The van der Waals surface area contributed by atoms with Crippen LogP contribution in [0.15, 0.2) is 18.2 Å². The number of likely N-dealkylation sites (tertiary alicyclic amines) is 1. The van der Waals surface area contributed by atoms with E-state index in [9.17, 15) is 14.7 Å². The molecule has 0 spiro atoms. The standard InChI is InChI=1S/C18H25BClN3O5.2ClH/c20-14-4-3-11-7-15(22-8-12(11)6-14)16(24)23-9-13(2-1-5-19(27)28)18(21,10-23)17(25)26;;/h3-4,6,13,15,22,27-28H,1-2,5,7-10,21H2,(H,25,26);2*1H/t13-,15?,18+;;/m0../s1. The summed E-state index contributed by atoms with van der Waals surface area (Å²) >= 11 is 6.01. The summed E-state index contributed by atoms with van der Waals surface area (Å²) in [5.41, 5.74) is 6.73. The maximum absolute atomic E-state index is 13.0. The molecule has 0 bridgehead atoms. The van der Waals surface area contributed by atoms with Crippen molar-refractivity contribution in [2.75, 3.05) is 13.1 Å². The summed E-state index contributed by atoms with van der Waals surface area (Å²) in [4.78, 5) is 26.3. The second kappa shape index (κ2) is 11.0. The quantitative estimate of drug-likeness (QED) is 0.377. The van der Waals surface area contributed by atoms with Crippen LogP contribution >= 0.6 is 36.4 Å². The van der Waals surface area contributed by atoms with Crippen LogP contribution in [-0.4, -0.2) is 63.7 Å². The minimum atomic E-state index is -1.53. The fourth-order valence-corrected chi connectivity index (χ4v) is 4.32. The van der Waals surface area contributed by atoms with Crippen molar-refractivity contribution >= 4 is 55.4 Å². The molecule has 0 aliphatic carbocycles. The van der Waals surface area contributed by atoms with Gasteiger partial charge in [0, 0.05) is 30.6 Å². The van der Waals surface area contributed by atoms with Gasteiger partial charge in [-0.25, -0.2) is 0 Å². The Hall–Kier alpha value is -1.07. The van der Waals surface area contributed by atoms with E-state index in [1.54, 1.807) is 6.07 Å². The zero-order valence-corrected chi connectivity index (χ0v) is 18.7. The van der Waals surface area contributed by atoms with Gasteiger partial charge in [0.25, 0.3) is 0 Å². The average molecular weight is 483 g/mol. The molecule has 6 N–H and O–H groups in total. The molecule has 168 valence electrons. The lowest BCUT2D eigenvalue weighted by molar-refractivity contribution is -0.144. The van der Waals surface area contributed by atoms with E-state index in [0.717, 1.165) is 11.1 Å². The molecule has 12 heteroatoms. The molecule has 1 saturated heterocycles. The fourth-order valence-electron chi connectivity index (χ4n) is 4.12. The molecule has 1 amide bonds. The van der Waals surface area contributed by atoms with E-state index in [4.69, 9.17) is 27.4 Å². The van der Waals surface area contributed by atoms with Crippen molar-refractivity contribution in [1.82, 2.24) is 10.2 Å². The summed E-state index contributed by atoms with van der Waals surface area (Å²) in [5.74, 6) is -1.75. The number of carboxylic acid groups (broad SMARTS) is 1. The highest BCUT2D eigenvalue weighted by Crippen LogP contribution is 2.32. The maximum atomic E-state index is 13.0. The SMILES string of the molecule is Cl.Cl.N[C@]1(C(=O)O)CN(C(=O)C2Cc3ccc(Cl)cc3CN2)C[C@@H]1CCCB(O)O. The monoisotopic (exact) mass is 481 g/mol. The number of carbonyl (C=O) groups excluding carboxylic acids is 1. The predicted octanol–water partition coefficient (Wildman–Crippen LogP) is 0.691. The Morgan fingerprint density at radius 1 is 1.30 bits per heavy atom. The van der Waals surface area contributed by atoms with Gasteiger partial charge in [-0.2, -0.15) is 0 Å². The van der Waals surface area contributed by atoms with E-state index in [1.165, 1.54) is 4.90 Å². The molecule has 2 aliphatic rings. The molecule has 0 aromatic heterocycles. The van der Waals surface area contributed by atoms with Gasteiger partial charge in [-0.3, -0.25) is 9.59 Å². The summed E-state index contributed by atoms with van der Waals surface area (Å²) in [7, 11) is -1.43. The number of rotatable bonds is 6. The lowest BCUT2D eigenvalue weighted by Crippen LogP contribution is -2.56. The first kappa shape index (κ1) is 27.0. The summed E-state index contributed by atoms with van der Waals surface area (Å²) < 4.78 is 0. The number of carbonyl (C=O) groups is 2. The van der Waals surface area contributed by atoms with Crippen molar-refractivity contribution in [1.29, 1.82) is 0 Å². The normalized spacial score (nSPS) is 25.0. The maximum Gasteiger partial charge on any atom is 0.451 e. The number of halogens is 3. The largest absolute Gasteiger partial charge is 0.480 e. The molecule has 3 atom stereocenters. The van der Waals surface area contributed by atoms with Crippen LogP contribution < -0.4 is 11.1 Å². The smallest absolute Gasteiger partial charge is 0.451 e. The molecule has 0 radical (unpaired) electrons. The Balaban J connectivity index is 0.00000225. The summed E-state index contributed by atoms with van der Waals surface area (Å²) in [6.07, 6.45) is 1.48. The number of carboxylic acids is 1. The first-order chi connectivity index (χ1) is 13.2. The first-order valence-corrected chi connectivity index (χ1v) is 9.76. The number of nitrogens with one attached hydrogen (secondary N) is 1. The Kier molecular flexibility index (Phi) is 9.88. The predicted molar refractivity (Wildman–Crippen MR) is 119 cm³/mol. The Bertz CT molecular complexity index is 773. The van der Waals surface area contributed by atoms with Crippen LogP contribution in [0, 0.1) is 5.92 Å². The van der Waals surface area contributed by atoms with Gasteiger partial charge in [0.05, 0.1) is 6.04 Å². The van der Waals surface area contributed by atoms with Crippen molar-refractivity contribution < 1.29 is 24.7 Å². The van der Waals surface area contributed by atoms with Gasteiger partial charge >= 0.3 is 13.1 Å². The van der Waals surface area contributed by atoms with E-state index in [2.05, 4.69) is 5.32 Å². The summed E-state index contributed by atoms with van der Waals surface area (Å²) in [6.45, 7) is 0.707. The zero-order valence-electron chi connectivity index (χ0n) is 16.3. The highest BCUT2D eigenvalue weighted by atomic mass is 35.5. The molecule has 1 aromatic rings. The molecule has 1 fully saturated rings. The van der Waals surface area contributed by atoms with Gasteiger partial charge in [-0.1, -0.05) is 24.1 Å². The second-order valence-electron chi connectivity index (χ2n) is 7.72. The van der Waals surface area contributed by atoms with Crippen LogP contribution in [0.4, 0.5) is 0 Å². The molecule has 2 aliphatic heterocycles. The number of nitrogens with two attached hydrogens (primary N) is 1. The summed E-state index contributed by atoms with van der Waals surface area (Å²) in [6, 6.07) is 5.14. The third-order valence-corrected chi connectivity index (χ3v) is 6.01. The van der Waals surface area contributed by atoms with Gasteiger partial charge in [0.1, 0.15) is 5.54 Å². The van der Waals surface area contributed by atoms with Crippen LogP contribution in [0.3, 0.4) is 0 Å². The van der Waals surface area contributed by atoms with E-state index in [0.29, 0.717) is 30.8 Å². The number of hydrogen-bond acceptors (Lipinski definition) is 6. The number of aliphatic carboxylic acids is 1. The van der Waals surface area contributed by atoms with Gasteiger partial charge in [0.2, 0.25) is 5.91 Å². The van der Waals surface area contributed by atoms with E-state index in [-0.39, 0.29) is 50.1 Å².